The lowest BCUT2D eigenvalue weighted by molar-refractivity contribution is 0.0918. The van der Waals surface area contributed by atoms with Crippen LogP contribution in [0.3, 0.4) is 0 Å². The van der Waals surface area contributed by atoms with E-state index >= 15 is 0 Å². The molecular weight excluding hydrogens is 370 g/mol. The van der Waals surface area contributed by atoms with Gasteiger partial charge in [0.1, 0.15) is 0 Å². The van der Waals surface area contributed by atoms with Crippen molar-refractivity contribution in [3.05, 3.63) is 88.0 Å². The fourth-order valence-corrected chi connectivity index (χ4v) is 4.16. The third kappa shape index (κ3) is 5.18. The SMILES string of the molecule is Cc1ccc(Cc2nc(C(=O)NC3CCCCC3)[nH]c2Cc2ccc(C)cc2)cc1. The Bertz CT molecular complexity index is 915. The minimum Gasteiger partial charge on any atom is -0.347 e. The molecular formula is C26H31N3O. The number of carbonyl (C=O) groups is 1. The smallest absolute Gasteiger partial charge is 0.287 e. The van der Waals surface area contributed by atoms with Gasteiger partial charge in [0.05, 0.1) is 5.69 Å². The first-order valence-corrected chi connectivity index (χ1v) is 11.1. The van der Waals surface area contributed by atoms with Crippen LogP contribution in [0.2, 0.25) is 0 Å². The van der Waals surface area contributed by atoms with Gasteiger partial charge in [-0.05, 0) is 37.8 Å². The maximum absolute atomic E-state index is 12.9. The van der Waals surface area contributed by atoms with Crippen molar-refractivity contribution in [2.24, 2.45) is 0 Å². The first kappa shape index (κ1) is 20.4. The van der Waals surface area contributed by atoms with Gasteiger partial charge in [0.25, 0.3) is 5.91 Å². The molecule has 1 saturated carbocycles. The van der Waals surface area contributed by atoms with E-state index in [0.29, 0.717) is 12.2 Å². The van der Waals surface area contributed by atoms with Crippen LogP contribution in [0.5, 0.6) is 0 Å². The summed E-state index contributed by atoms with van der Waals surface area (Å²) in [5.41, 5.74) is 6.88. The first-order chi connectivity index (χ1) is 14.6. The summed E-state index contributed by atoms with van der Waals surface area (Å²) in [4.78, 5) is 20.9. The Balaban J connectivity index is 1.57. The van der Waals surface area contributed by atoms with Gasteiger partial charge in [0.2, 0.25) is 0 Å². The topological polar surface area (TPSA) is 57.8 Å². The number of benzene rings is 2. The molecule has 4 heteroatoms. The molecule has 1 heterocycles. The number of amides is 1. The van der Waals surface area contributed by atoms with Crippen LogP contribution in [-0.4, -0.2) is 21.9 Å². The van der Waals surface area contributed by atoms with E-state index < -0.39 is 0 Å². The van der Waals surface area contributed by atoms with Crippen LogP contribution >= 0.6 is 0 Å². The lowest BCUT2D eigenvalue weighted by atomic mass is 9.95. The van der Waals surface area contributed by atoms with Gasteiger partial charge < -0.3 is 10.3 Å². The number of H-pyrrole nitrogens is 1. The molecule has 1 aromatic heterocycles. The number of aromatic nitrogens is 2. The van der Waals surface area contributed by atoms with Crippen LogP contribution in [0.1, 0.15) is 76.4 Å². The van der Waals surface area contributed by atoms with E-state index in [1.807, 2.05) is 0 Å². The van der Waals surface area contributed by atoms with Crippen molar-refractivity contribution in [3.63, 3.8) is 0 Å². The summed E-state index contributed by atoms with van der Waals surface area (Å²) in [6.07, 6.45) is 7.26. The highest BCUT2D eigenvalue weighted by Crippen LogP contribution is 2.20. The van der Waals surface area contributed by atoms with Crippen molar-refractivity contribution < 1.29 is 4.79 Å². The molecule has 1 aliphatic rings. The van der Waals surface area contributed by atoms with E-state index in [-0.39, 0.29) is 11.9 Å². The van der Waals surface area contributed by atoms with Gasteiger partial charge in [-0.2, -0.15) is 0 Å². The molecule has 2 N–H and O–H groups in total. The van der Waals surface area contributed by atoms with Gasteiger partial charge in [0.15, 0.2) is 5.82 Å². The predicted octanol–water partition coefficient (Wildman–Crippen LogP) is 5.27. The third-order valence-electron chi connectivity index (χ3n) is 6.01. The van der Waals surface area contributed by atoms with Crippen LogP contribution in [0.15, 0.2) is 48.5 Å². The summed E-state index contributed by atoms with van der Waals surface area (Å²) in [5.74, 6) is 0.354. The average Bonchev–Trinajstić information content (AvgIpc) is 3.14. The minimum atomic E-state index is -0.0813. The Morgan fingerprint density at radius 1 is 0.900 bits per heavy atom. The van der Waals surface area contributed by atoms with Crippen LogP contribution in [0.25, 0.3) is 0 Å². The number of carbonyl (C=O) groups excluding carboxylic acids is 1. The van der Waals surface area contributed by atoms with E-state index in [1.165, 1.54) is 41.5 Å². The van der Waals surface area contributed by atoms with E-state index in [0.717, 1.165) is 30.7 Å². The van der Waals surface area contributed by atoms with Gasteiger partial charge in [-0.25, -0.2) is 4.98 Å². The highest BCUT2D eigenvalue weighted by atomic mass is 16.2. The maximum Gasteiger partial charge on any atom is 0.287 e. The van der Waals surface area contributed by atoms with Crippen LogP contribution in [-0.2, 0) is 12.8 Å². The summed E-state index contributed by atoms with van der Waals surface area (Å²) >= 11 is 0. The minimum absolute atomic E-state index is 0.0813. The second kappa shape index (κ2) is 9.29. The average molecular weight is 402 g/mol. The summed E-state index contributed by atoms with van der Waals surface area (Å²) in [6.45, 7) is 4.19. The monoisotopic (exact) mass is 401 g/mol. The predicted molar refractivity (Wildman–Crippen MR) is 121 cm³/mol. The van der Waals surface area contributed by atoms with Gasteiger partial charge >= 0.3 is 0 Å². The zero-order valence-electron chi connectivity index (χ0n) is 18.0. The molecule has 0 spiro atoms. The molecule has 0 atom stereocenters. The van der Waals surface area contributed by atoms with Crippen molar-refractivity contribution >= 4 is 5.91 Å². The lowest BCUT2D eigenvalue weighted by Gasteiger charge is -2.22. The molecule has 0 unspecified atom stereocenters. The molecule has 30 heavy (non-hydrogen) atoms. The zero-order valence-corrected chi connectivity index (χ0v) is 18.0. The molecule has 4 nitrogen and oxygen atoms in total. The van der Waals surface area contributed by atoms with Gasteiger partial charge in [0, 0.05) is 24.6 Å². The number of rotatable bonds is 6. The second-order valence-electron chi connectivity index (χ2n) is 8.64. The van der Waals surface area contributed by atoms with Crippen molar-refractivity contribution in [1.29, 1.82) is 0 Å². The Hall–Kier alpha value is -2.88. The molecule has 1 fully saturated rings. The Morgan fingerprint density at radius 3 is 2.07 bits per heavy atom. The van der Waals surface area contributed by atoms with Gasteiger partial charge in [-0.3, -0.25) is 4.79 Å². The summed E-state index contributed by atoms with van der Waals surface area (Å²) in [7, 11) is 0. The first-order valence-electron chi connectivity index (χ1n) is 11.1. The number of nitrogens with zero attached hydrogens (tertiary/aromatic N) is 1. The molecule has 3 aromatic rings. The quantitative estimate of drug-likeness (QED) is 0.591. The molecule has 156 valence electrons. The largest absolute Gasteiger partial charge is 0.347 e. The Kier molecular flexibility index (Phi) is 6.32. The number of aromatic amines is 1. The van der Waals surface area contributed by atoms with Gasteiger partial charge in [-0.15, -0.1) is 0 Å². The number of nitrogens with one attached hydrogen (secondary N) is 2. The van der Waals surface area contributed by atoms with E-state index in [4.69, 9.17) is 4.98 Å². The van der Waals surface area contributed by atoms with E-state index in [1.54, 1.807) is 0 Å². The molecule has 0 bridgehead atoms. The zero-order chi connectivity index (χ0) is 20.9. The molecule has 0 saturated heterocycles. The molecule has 0 aliphatic heterocycles. The Labute approximate surface area is 179 Å². The molecule has 1 aliphatic carbocycles. The fourth-order valence-electron chi connectivity index (χ4n) is 4.16. The third-order valence-corrected chi connectivity index (χ3v) is 6.01. The van der Waals surface area contributed by atoms with Crippen molar-refractivity contribution in [1.82, 2.24) is 15.3 Å². The summed E-state index contributed by atoms with van der Waals surface area (Å²) < 4.78 is 0. The molecule has 0 radical (unpaired) electrons. The number of aryl methyl sites for hydroxylation is 2. The molecule has 1 amide bonds. The highest BCUT2D eigenvalue weighted by molar-refractivity contribution is 5.91. The van der Waals surface area contributed by atoms with E-state index in [9.17, 15) is 4.79 Å². The second-order valence-corrected chi connectivity index (χ2v) is 8.64. The van der Waals surface area contributed by atoms with Crippen molar-refractivity contribution in [3.8, 4) is 0 Å². The van der Waals surface area contributed by atoms with Gasteiger partial charge in [-0.1, -0.05) is 78.9 Å². The van der Waals surface area contributed by atoms with Crippen molar-refractivity contribution in [2.75, 3.05) is 0 Å². The number of hydrogen-bond donors (Lipinski definition) is 2. The summed E-state index contributed by atoms with van der Waals surface area (Å²) in [5, 5.41) is 3.19. The lowest BCUT2D eigenvalue weighted by Crippen LogP contribution is -2.36. The molecule has 2 aromatic carbocycles. The normalized spacial score (nSPS) is 14.6. The maximum atomic E-state index is 12.9. The Morgan fingerprint density at radius 2 is 1.47 bits per heavy atom. The van der Waals surface area contributed by atoms with Crippen molar-refractivity contribution in [2.45, 2.75) is 64.8 Å². The number of hydrogen-bond acceptors (Lipinski definition) is 2. The molecule has 4 rings (SSSR count). The summed E-state index contributed by atoms with van der Waals surface area (Å²) in [6, 6.07) is 17.3. The fraction of sp³-hybridized carbons (Fsp3) is 0.385. The van der Waals surface area contributed by atoms with E-state index in [2.05, 4.69) is 72.7 Å². The standard InChI is InChI=1S/C26H31N3O/c1-18-8-12-20(13-9-18)16-23-24(17-21-14-10-19(2)11-15-21)29-25(28-23)26(30)27-22-6-4-3-5-7-22/h8-15,22H,3-7,16-17H2,1-2H3,(H,27,30)(H,28,29). The highest BCUT2D eigenvalue weighted by Gasteiger charge is 2.21. The van der Waals surface area contributed by atoms with Crippen LogP contribution < -0.4 is 5.32 Å². The van der Waals surface area contributed by atoms with Crippen LogP contribution in [0.4, 0.5) is 0 Å². The number of imidazole rings is 1. The van der Waals surface area contributed by atoms with Crippen LogP contribution in [0, 0.1) is 13.8 Å².